The number of rotatable bonds is 8. The first-order valence-corrected chi connectivity index (χ1v) is 10.6. The van der Waals surface area contributed by atoms with Crippen LogP contribution in [-0.4, -0.2) is 24.6 Å². The number of hydrogen-bond donors (Lipinski definition) is 1. The van der Waals surface area contributed by atoms with E-state index < -0.39 is 0 Å². The van der Waals surface area contributed by atoms with Gasteiger partial charge in [-0.05, 0) is 42.7 Å². The van der Waals surface area contributed by atoms with E-state index >= 15 is 0 Å². The topological polar surface area (TPSA) is 84.2 Å². The van der Waals surface area contributed by atoms with Gasteiger partial charge in [0.1, 0.15) is 6.07 Å². The minimum Gasteiger partial charge on any atom is -0.493 e. The van der Waals surface area contributed by atoms with E-state index in [0.29, 0.717) is 16.6 Å². The lowest BCUT2D eigenvalue weighted by Gasteiger charge is -2.08. The molecule has 3 rings (SSSR count). The Labute approximate surface area is 185 Å². The molecule has 3 aromatic rings. The van der Waals surface area contributed by atoms with Gasteiger partial charge in [0.25, 0.3) is 0 Å². The highest BCUT2D eigenvalue weighted by Gasteiger charge is 2.11. The van der Waals surface area contributed by atoms with Crippen molar-refractivity contribution in [3.8, 4) is 28.8 Å². The molecule has 1 heterocycles. The monoisotopic (exact) mass is 433 g/mol. The van der Waals surface area contributed by atoms with Crippen molar-refractivity contribution in [1.82, 2.24) is 4.98 Å². The molecule has 0 saturated heterocycles. The summed E-state index contributed by atoms with van der Waals surface area (Å²) in [5.74, 6) is 0.695. The third-order valence-electron chi connectivity index (χ3n) is 4.57. The van der Waals surface area contributed by atoms with Crippen molar-refractivity contribution in [2.45, 2.75) is 20.3 Å². The SMILES string of the molecule is CCc1ccc(-c2nc(NC(=O)/C=C/c3ccc(OCC#N)c(OC)c3)sc2C)cc1. The Morgan fingerprint density at radius 2 is 2.00 bits per heavy atom. The number of anilines is 1. The summed E-state index contributed by atoms with van der Waals surface area (Å²) in [6.07, 6.45) is 4.11. The normalized spacial score (nSPS) is 10.6. The van der Waals surface area contributed by atoms with Crippen LogP contribution in [0.15, 0.2) is 48.5 Å². The summed E-state index contributed by atoms with van der Waals surface area (Å²) in [4.78, 5) is 18.0. The van der Waals surface area contributed by atoms with E-state index in [-0.39, 0.29) is 12.5 Å². The first-order chi connectivity index (χ1) is 15.0. The number of aromatic nitrogens is 1. The zero-order valence-corrected chi connectivity index (χ0v) is 18.5. The van der Waals surface area contributed by atoms with Crippen LogP contribution in [0.3, 0.4) is 0 Å². The summed E-state index contributed by atoms with van der Waals surface area (Å²) < 4.78 is 10.6. The van der Waals surface area contributed by atoms with Gasteiger partial charge in [-0.1, -0.05) is 37.3 Å². The van der Waals surface area contributed by atoms with Gasteiger partial charge in [-0.3, -0.25) is 10.1 Å². The highest BCUT2D eigenvalue weighted by atomic mass is 32.1. The number of thiazole rings is 1. The van der Waals surface area contributed by atoms with Crippen molar-refractivity contribution in [2.75, 3.05) is 19.0 Å². The van der Waals surface area contributed by atoms with Gasteiger partial charge in [0.05, 0.1) is 12.8 Å². The Bertz CT molecular complexity index is 1130. The molecule has 1 N–H and O–H groups in total. The van der Waals surface area contributed by atoms with E-state index in [1.165, 1.54) is 30.1 Å². The summed E-state index contributed by atoms with van der Waals surface area (Å²) in [7, 11) is 1.52. The molecular formula is C24H23N3O3S. The van der Waals surface area contributed by atoms with Crippen molar-refractivity contribution in [2.24, 2.45) is 0 Å². The summed E-state index contributed by atoms with van der Waals surface area (Å²) in [6.45, 7) is 4.05. The quantitative estimate of drug-likeness (QED) is 0.491. The molecule has 0 aliphatic heterocycles. The predicted molar refractivity (Wildman–Crippen MR) is 123 cm³/mol. The number of aryl methyl sites for hydroxylation is 2. The Morgan fingerprint density at radius 1 is 1.23 bits per heavy atom. The molecule has 31 heavy (non-hydrogen) atoms. The lowest BCUT2D eigenvalue weighted by Crippen LogP contribution is -2.07. The van der Waals surface area contributed by atoms with E-state index in [2.05, 4.69) is 41.5 Å². The van der Waals surface area contributed by atoms with Crippen molar-refractivity contribution >= 4 is 28.5 Å². The standard InChI is InChI=1S/C24H23N3O3S/c1-4-17-5-9-19(10-6-17)23-16(2)31-24(27-23)26-22(28)12-8-18-7-11-20(30-14-13-25)21(15-18)29-3/h5-12,15H,4,14H2,1-3H3,(H,26,27,28)/b12-8+. The number of nitrogens with zero attached hydrogens (tertiary/aromatic N) is 2. The maximum Gasteiger partial charge on any atom is 0.250 e. The average molecular weight is 434 g/mol. The first-order valence-electron chi connectivity index (χ1n) is 9.77. The molecule has 0 atom stereocenters. The van der Waals surface area contributed by atoms with Gasteiger partial charge in [-0.15, -0.1) is 11.3 Å². The maximum atomic E-state index is 12.4. The van der Waals surface area contributed by atoms with Gasteiger partial charge in [0, 0.05) is 16.5 Å². The van der Waals surface area contributed by atoms with Crippen LogP contribution in [0.25, 0.3) is 17.3 Å². The molecule has 1 amide bonds. The van der Waals surface area contributed by atoms with Gasteiger partial charge in [0.15, 0.2) is 23.2 Å². The Morgan fingerprint density at radius 3 is 2.68 bits per heavy atom. The van der Waals surface area contributed by atoms with Crippen LogP contribution in [0.5, 0.6) is 11.5 Å². The second-order valence-electron chi connectivity index (χ2n) is 6.65. The van der Waals surface area contributed by atoms with Crippen LogP contribution in [0.2, 0.25) is 0 Å². The predicted octanol–water partition coefficient (Wildman–Crippen LogP) is 5.24. The molecule has 6 nitrogen and oxygen atoms in total. The van der Waals surface area contributed by atoms with Crippen molar-refractivity contribution < 1.29 is 14.3 Å². The number of hydrogen-bond acceptors (Lipinski definition) is 6. The third-order valence-corrected chi connectivity index (χ3v) is 5.46. The molecular weight excluding hydrogens is 410 g/mol. The molecule has 0 bridgehead atoms. The number of methoxy groups -OCH3 is 1. The number of amides is 1. The lowest BCUT2D eigenvalue weighted by molar-refractivity contribution is -0.111. The Kier molecular flexibility index (Phi) is 7.41. The fourth-order valence-electron chi connectivity index (χ4n) is 2.95. The van der Waals surface area contributed by atoms with E-state index in [1.807, 2.05) is 13.0 Å². The number of ether oxygens (including phenoxy) is 2. The van der Waals surface area contributed by atoms with Crippen LogP contribution < -0.4 is 14.8 Å². The smallest absolute Gasteiger partial charge is 0.250 e. The lowest BCUT2D eigenvalue weighted by atomic mass is 10.1. The van der Waals surface area contributed by atoms with E-state index in [9.17, 15) is 4.79 Å². The zero-order valence-electron chi connectivity index (χ0n) is 17.6. The van der Waals surface area contributed by atoms with Crippen LogP contribution in [0, 0.1) is 18.3 Å². The van der Waals surface area contributed by atoms with Gasteiger partial charge in [-0.2, -0.15) is 5.26 Å². The summed E-state index contributed by atoms with van der Waals surface area (Å²) in [6, 6.07) is 15.5. The molecule has 0 spiro atoms. The highest BCUT2D eigenvalue weighted by Crippen LogP contribution is 2.31. The minimum absolute atomic E-state index is 0.0636. The molecule has 158 valence electrons. The zero-order chi connectivity index (χ0) is 22.2. The first kappa shape index (κ1) is 22.1. The summed E-state index contributed by atoms with van der Waals surface area (Å²) in [5, 5.41) is 12.0. The number of benzene rings is 2. The molecule has 2 aromatic carbocycles. The Balaban J connectivity index is 1.68. The van der Waals surface area contributed by atoms with Crippen LogP contribution in [0.1, 0.15) is 22.9 Å². The highest BCUT2D eigenvalue weighted by molar-refractivity contribution is 7.16. The molecule has 7 heteroatoms. The maximum absolute atomic E-state index is 12.4. The van der Waals surface area contributed by atoms with Gasteiger partial charge < -0.3 is 9.47 Å². The Hall–Kier alpha value is -3.63. The summed E-state index contributed by atoms with van der Waals surface area (Å²) in [5.41, 5.74) is 3.96. The van der Waals surface area contributed by atoms with Crippen LogP contribution in [0.4, 0.5) is 5.13 Å². The largest absolute Gasteiger partial charge is 0.493 e. The molecule has 0 radical (unpaired) electrons. The van der Waals surface area contributed by atoms with Gasteiger partial charge in [0.2, 0.25) is 5.91 Å². The van der Waals surface area contributed by atoms with Gasteiger partial charge in [-0.25, -0.2) is 4.98 Å². The number of carbonyl (C=O) groups is 1. The van der Waals surface area contributed by atoms with Crippen molar-refractivity contribution in [3.63, 3.8) is 0 Å². The second kappa shape index (κ2) is 10.4. The van der Waals surface area contributed by atoms with E-state index in [4.69, 9.17) is 14.7 Å². The fraction of sp³-hybridized carbons (Fsp3) is 0.208. The molecule has 1 aromatic heterocycles. The van der Waals surface area contributed by atoms with E-state index in [1.54, 1.807) is 24.3 Å². The number of carbonyl (C=O) groups excluding carboxylic acids is 1. The molecule has 0 fully saturated rings. The summed E-state index contributed by atoms with van der Waals surface area (Å²) >= 11 is 1.44. The number of nitrogens with one attached hydrogen (secondary N) is 1. The van der Waals surface area contributed by atoms with Crippen LogP contribution in [-0.2, 0) is 11.2 Å². The molecule has 0 unspecified atom stereocenters. The van der Waals surface area contributed by atoms with E-state index in [0.717, 1.165) is 28.1 Å². The minimum atomic E-state index is -0.273. The number of nitriles is 1. The van der Waals surface area contributed by atoms with Crippen LogP contribution >= 0.6 is 11.3 Å². The fourth-order valence-corrected chi connectivity index (χ4v) is 3.79. The van der Waals surface area contributed by atoms with Crippen molar-refractivity contribution in [1.29, 1.82) is 5.26 Å². The second-order valence-corrected chi connectivity index (χ2v) is 7.86. The molecule has 0 aliphatic rings. The van der Waals surface area contributed by atoms with Crippen molar-refractivity contribution in [3.05, 3.63) is 64.5 Å². The molecule has 0 saturated carbocycles. The molecule has 0 aliphatic carbocycles. The average Bonchev–Trinajstić information content (AvgIpc) is 3.16. The third kappa shape index (κ3) is 5.71. The van der Waals surface area contributed by atoms with Gasteiger partial charge >= 0.3 is 0 Å².